The van der Waals surface area contributed by atoms with Crippen molar-refractivity contribution in [3.05, 3.63) is 30.0 Å². The van der Waals surface area contributed by atoms with E-state index in [-0.39, 0.29) is 0 Å². The van der Waals surface area contributed by atoms with Crippen molar-refractivity contribution in [1.82, 2.24) is 15.5 Å². The van der Waals surface area contributed by atoms with Crippen molar-refractivity contribution >= 4 is 16.6 Å². The third kappa shape index (κ3) is 2.11. The second-order valence-electron chi connectivity index (χ2n) is 4.83. The van der Waals surface area contributed by atoms with Crippen molar-refractivity contribution in [2.75, 3.05) is 24.5 Å². The summed E-state index contributed by atoms with van der Waals surface area (Å²) >= 11 is 0. The minimum absolute atomic E-state index is 0.409. The normalized spacial score (nSPS) is 19.4. The molecule has 2 heterocycles. The molecule has 0 unspecified atom stereocenters. The summed E-state index contributed by atoms with van der Waals surface area (Å²) in [6, 6.07) is 10.4. The molecule has 1 aliphatic rings. The summed E-state index contributed by atoms with van der Waals surface area (Å²) in [5, 5.41) is 21.9. The summed E-state index contributed by atoms with van der Waals surface area (Å²) in [7, 11) is 0. The molecule has 1 aliphatic heterocycles. The monoisotopic (exact) mass is 253 g/mol. The van der Waals surface area contributed by atoms with E-state index < -0.39 is 0 Å². The fraction of sp³-hybridized carbons (Fsp3) is 0.357. The standard InChI is InChI=1S/C14H15N5/c1-10-9-19(7-6-16-10)14-11-4-2-3-5-12(11)17-18-13(14)8-15/h2-5,10,16H,6-7,9H2,1H3/t10-/m1/s1. The summed E-state index contributed by atoms with van der Waals surface area (Å²) in [4.78, 5) is 2.23. The molecule has 5 nitrogen and oxygen atoms in total. The third-order valence-electron chi connectivity index (χ3n) is 3.43. The first-order valence-electron chi connectivity index (χ1n) is 6.43. The number of nitriles is 1. The van der Waals surface area contributed by atoms with Crippen LogP contribution in [-0.2, 0) is 0 Å². The zero-order valence-corrected chi connectivity index (χ0v) is 10.8. The number of hydrogen-bond acceptors (Lipinski definition) is 5. The maximum atomic E-state index is 9.28. The number of rotatable bonds is 1. The molecule has 96 valence electrons. The Morgan fingerprint density at radius 3 is 3.00 bits per heavy atom. The fourth-order valence-corrected chi connectivity index (χ4v) is 2.57. The van der Waals surface area contributed by atoms with Crippen LogP contribution in [0.15, 0.2) is 24.3 Å². The van der Waals surface area contributed by atoms with Gasteiger partial charge in [-0.25, -0.2) is 0 Å². The van der Waals surface area contributed by atoms with Crippen molar-refractivity contribution < 1.29 is 0 Å². The maximum Gasteiger partial charge on any atom is 0.187 e. The summed E-state index contributed by atoms with van der Waals surface area (Å²) in [5.74, 6) is 0. The van der Waals surface area contributed by atoms with Crippen LogP contribution in [0.2, 0.25) is 0 Å². The van der Waals surface area contributed by atoms with Crippen LogP contribution in [-0.4, -0.2) is 35.9 Å². The van der Waals surface area contributed by atoms with Crippen LogP contribution < -0.4 is 10.2 Å². The van der Waals surface area contributed by atoms with Crippen LogP contribution >= 0.6 is 0 Å². The Morgan fingerprint density at radius 1 is 1.37 bits per heavy atom. The number of aromatic nitrogens is 2. The van der Waals surface area contributed by atoms with Crippen LogP contribution in [0, 0.1) is 11.3 Å². The molecule has 1 fully saturated rings. The minimum atomic E-state index is 0.409. The first-order valence-corrected chi connectivity index (χ1v) is 6.43. The van der Waals surface area contributed by atoms with Gasteiger partial charge in [-0.2, -0.15) is 5.26 Å². The van der Waals surface area contributed by atoms with Crippen molar-refractivity contribution in [3.63, 3.8) is 0 Å². The lowest BCUT2D eigenvalue weighted by atomic mass is 10.1. The Kier molecular flexibility index (Phi) is 3.02. The minimum Gasteiger partial charge on any atom is -0.366 e. The van der Waals surface area contributed by atoms with Crippen LogP contribution in [0.1, 0.15) is 12.6 Å². The summed E-state index contributed by atoms with van der Waals surface area (Å²) < 4.78 is 0. The zero-order valence-electron chi connectivity index (χ0n) is 10.8. The lowest BCUT2D eigenvalue weighted by Crippen LogP contribution is -2.49. The van der Waals surface area contributed by atoms with Crippen molar-refractivity contribution in [2.24, 2.45) is 0 Å². The van der Waals surface area contributed by atoms with Gasteiger partial charge in [0, 0.05) is 31.1 Å². The number of piperazine rings is 1. The fourth-order valence-electron chi connectivity index (χ4n) is 2.57. The van der Waals surface area contributed by atoms with Gasteiger partial charge in [-0.3, -0.25) is 0 Å². The van der Waals surface area contributed by atoms with E-state index in [9.17, 15) is 5.26 Å². The molecule has 3 rings (SSSR count). The second-order valence-corrected chi connectivity index (χ2v) is 4.83. The zero-order chi connectivity index (χ0) is 13.2. The van der Waals surface area contributed by atoms with Gasteiger partial charge in [-0.05, 0) is 13.0 Å². The predicted molar refractivity (Wildman–Crippen MR) is 73.9 cm³/mol. The quantitative estimate of drug-likeness (QED) is 0.830. The lowest BCUT2D eigenvalue weighted by Gasteiger charge is -2.34. The molecule has 0 radical (unpaired) electrons. The van der Waals surface area contributed by atoms with Crippen molar-refractivity contribution in [2.45, 2.75) is 13.0 Å². The maximum absolute atomic E-state index is 9.28. The molecule has 1 saturated heterocycles. The predicted octanol–water partition coefficient (Wildman–Crippen LogP) is 1.30. The molecule has 1 N–H and O–H groups in total. The molecule has 0 amide bonds. The number of benzene rings is 1. The SMILES string of the molecule is C[C@@H]1CN(c2c(C#N)nnc3ccccc23)CCN1. The van der Waals surface area contributed by atoms with E-state index in [4.69, 9.17) is 0 Å². The van der Waals surface area contributed by atoms with Crippen LogP contribution in [0.25, 0.3) is 10.9 Å². The van der Waals surface area contributed by atoms with E-state index in [1.807, 2.05) is 24.3 Å². The van der Waals surface area contributed by atoms with Gasteiger partial charge in [-0.15, -0.1) is 10.2 Å². The van der Waals surface area contributed by atoms with E-state index in [1.165, 1.54) is 0 Å². The van der Waals surface area contributed by atoms with E-state index in [1.54, 1.807) is 0 Å². The number of anilines is 1. The molecule has 1 aromatic carbocycles. The van der Waals surface area contributed by atoms with Gasteiger partial charge in [0.1, 0.15) is 6.07 Å². The van der Waals surface area contributed by atoms with Crippen LogP contribution in [0.5, 0.6) is 0 Å². The number of hydrogen-bond donors (Lipinski definition) is 1. The highest BCUT2D eigenvalue weighted by molar-refractivity contribution is 5.93. The van der Waals surface area contributed by atoms with Gasteiger partial charge in [0.25, 0.3) is 0 Å². The highest BCUT2D eigenvalue weighted by Crippen LogP contribution is 2.28. The average molecular weight is 253 g/mol. The van der Waals surface area contributed by atoms with Gasteiger partial charge >= 0.3 is 0 Å². The van der Waals surface area contributed by atoms with E-state index in [0.29, 0.717) is 11.7 Å². The summed E-state index contributed by atoms with van der Waals surface area (Å²) in [6.07, 6.45) is 0. The lowest BCUT2D eigenvalue weighted by molar-refractivity contribution is 0.485. The van der Waals surface area contributed by atoms with Crippen LogP contribution in [0.3, 0.4) is 0 Å². The van der Waals surface area contributed by atoms with Gasteiger partial charge in [0.05, 0.1) is 11.2 Å². The van der Waals surface area contributed by atoms with Crippen LogP contribution in [0.4, 0.5) is 5.69 Å². The molecule has 1 aromatic heterocycles. The summed E-state index contributed by atoms with van der Waals surface area (Å²) in [6.45, 7) is 4.83. The molecule has 1 atom stereocenters. The molecule has 0 spiro atoms. The van der Waals surface area contributed by atoms with Crippen molar-refractivity contribution in [1.29, 1.82) is 5.26 Å². The molecule has 0 aliphatic carbocycles. The second kappa shape index (κ2) is 4.82. The van der Waals surface area contributed by atoms with Gasteiger partial charge < -0.3 is 10.2 Å². The molecule has 0 bridgehead atoms. The Balaban J connectivity index is 2.17. The Labute approximate surface area is 111 Å². The first-order chi connectivity index (χ1) is 9.29. The average Bonchev–Trinajstić information content (AvgIpc) is 2.46. The largest absolute Gasteiger partial charge is 0.366 e. The Bertz CT molecular complexity index is 646. The Morgan fingerprint density at radius 2 is 2.21 bits per heavy atom. The molecule has 19 heavy (non-hydrogen) atoms. The molecular weight excluding hydrogens is 238 g/mol. The van der Waals surface area contributed by atoms with Crippen molar-refractivity contribution in [3.8, 4) is 6.07 Å². The Hall–Kier alpha value is -2.19. The number of nitrogens with zero attached hydrogens (tertiary/aromatic N) is 4. The number of fused-ring (bicyclic) bond motifs is 1. The van der Waals surface area contributed by atoms with E-state index in [0.717, 1.165) is 36.2 Å². The summed E-state index contributed by atoms with van der Waals surface area (Å²) in [5.41, 5.74) is 2.16. The molecular formula is C14H15N5. The van der Waals surface area contributed by atoms with Gasteiger partial charge in [0.2, 0.25) is 0 Å². The van der Waals surface area contributed by atoms with Gasteiger partial charge in [0.15, 0.2) is 5.69 Å². The topological polar surface area (TPSA) is 64.8 Å². The highest BCUT2D eigenvalue weighted by Gasteiger charge is 2.21. The first kappa shape index (κ1) is 11.9. The number of nitrogens with one attached hydrogen (secondary N) is 1. The third-order valence-corrected chi connectivity index (χ3v) is 3.43. The molecule has 0 saturated carbocycles. The molecule has 5 heteroatoms. The van der Waals surface area contributed by atoms with Gasteiger partial charge in [-0.1, -0.05) is 18.2 Å². The smallest absolute Gasteiger partial charge is 0.187 e. The van der Waals surface area contributed by atoms with E-state index in [2.05, 4.69) is 33.4 Å². The van der Waals surface area contributed by atoms with E-state index >= 15 is 0 Å². The molecule has 2 aromatic rings. The highest BCUT2D eigenvalue weighted by atomic mass is 15.2.